The second-order valence-electron chi connectivity index (χ2n) is 7.86. The summed E-state index contributed by atoms with van der Waals surface area (Å²) in [5.74, 6) is 3.91. The van der Waals surface area contributed by atoms with Crippen molar-refractivity contribution in [1.29, 1.82) is 0 Å². The molecule has 34 heavy (non-hydrogen) atoms. The molecule has 0 spiro atoms. The van der Waals surface area contributed by atoms with E-state index in [4.69, 9.17) is 0 Å². The molecule has 0 aliphatic carbocycles. The Morgan fingerprint density at radius 1 is 0.882 bits per heavy atom. The number of amides is 2. The Kier molecular flexibility index (Phi) is 6.71. The van der Waals surface area contributed by atoms with Crippen LogP contribution in [-0.4, -0.2) is 43.8 Å². The van der Waals surface area contributed by atoms with Gasteiger partial charge in [0.05, 0.1) is 21.9 Å². The predicted octanol–water partition coefficient (Wildman–Crippen LogP) is 3.64. The lowest BCUT2D eigenvalue weighted by Gasteiger charge is -2.17. The summed E-state index contributed by atoms with van der Waals surface area (Å²) in [4.78, 5) is 38.2. The van der Waals surface area contributed by atoms with Crippen LogP contribution < -0.4 is 0 Å². The first-order valence-electron chi connectivity index (χ1n) is 10.6. The summed E-state index contributed by atoms with van der Waals surface area (Å²) in [7, 11) is -1.87. The maximum atomic E-state index is 13.0. The molecule has 0 aromatic heterocycles. The van der Waals surface area contributed by atoms with E-state index >= 15 is 0 Å². The number of hydrogen-bond acceptors (Lipinski definition) is 4. The maximum Gasteiger partial charge on any atom is 0.319 e. The highest BCUT2D eigenvalue weighted by Gasteiger charge is 2.36. The Hall–Kier alpha value is -4.02. The molecule has 3 aromatic rings. The molecule has 3 aromatic carbocycles. The molecule has 0 bridgehead atoms. The molecule has 0 saturated heterocycles. The zero-order chi connectivity index (χ0) is 24.2. The number of rotatable bonds is 6. The Bertz CT molecular complexity index is 1320. The first-order chi connectivity index (χ1) is 16.3. The fourth-order valence-corrected chi connectivity index (χ4v) is 4.86. The van der Waals surface area contributed by atoms with E-state index in [1.54, 1.807) is 48.5 Å². The van der Waals surface area contributed by atoms with Crippen molar-refractivity contribution in [1.82, 2.24) is 4.90 Å². The lowest BCUT2D eigenvalue weighted by molar-refractivity contribution is -0.136. The first kappa shape index (κ1) is 23.1. The summed E-state index contributed by atoms with van der Waals surface area (Å²) in [6.07, 6.45) is -0.123. The van der Waals surface area contributed by atoms with Gasteiger partial charge in [0, 0.05) is 22.6 Å². The van der Waals surface area contributed by atoms with Gasteiger partial charge < -0.3 is 5.11 Å². The van der Waals surface area contributed by atoms with Gasteiger partial charge in [-0.15, -0.1) is 0 Å². The van der Waals surface area contributed by atoms with Crippen LogP contribution in [0.1, 0.15) is 43.8 Å². The molecule has 1 heterocycles. The Balaban J connectivity index is 1.44. The molecular weight excluding hydrogens is 450 g/mol. The summed E-state index contributed by atoms with van der Waals surface area (Å²) in [6, 6.07) is 20.8. The molecule has 1 N–H and O–H groups in total. The zero-order valence-corrected chi connectivity index (χ0v) is 19.2. The number of carbonyl (C=O) groups is 3. The summed E-state index contributed by atoms with van der Waals surface area (Å²) < 4.78 is 13.0. The van der Waals surface area contributed by atoms with Gasteiger partial charge in [0.15, 0.2) is 0 Å². The fourth-order valence-electron chi connectivity index (χ4n) is 3.63. The normalized spacial score (nSPS) is 14.2. The predicted molar refractivity (Wildman–Crippen MR) is 128 cm³/mol. The monoisotopic (exact) mass is 471 g/mol. The van der Waals surface area contributed by atoms with Crippen molar-refractivity contribution >= 4 is 28.6 Å². The number of imide groups is 1. The number of carbonyl (C=O) groups excluding carboxylic acids is 2. The molecule has 2 atom stereocenters. The fraction of sp³-hybridized carbons (Fsp3) is 0.148. The lowest BCUT2D eigenvalue weighted by atomic mass is 10.1. The SMILES string of the molecule is Cc1ccc(C#Cc2ccc(S(=O)C(CCN3C(=O)c4ccccc4C3=O)C(=O)O)cc2)cc1. The van der Waals surface area contributed by atoms with Gasteiger partial charge in [-0.2, -0.15) is 0 Å². The molecule has 0 saturated carbocycles. The highest BCUT2D eigenvalue weighted by atomic mass is 32.2. The third kappa shape index (κ3) is 4.82. The van der Waals surface area contributed by atoms with Gasteiger partial charge >= 0.3 is 5.97 Å². The van der Waals surface area contributed by atoms with Gasteiger partial charge in [-0.25, -0.2) is 0 Å². The average molecular weight is 472 g/mol. The van der Waals surface area contributed by atoms with E-state index in [1.165, 1.54) is 0 Å². The molecule has 170 valence electrons. The van der Waals surface area contributed by atoms with Crippen molar-refractivity contribution in [3.8, 4) is 11.8 Å². The standard InChI is InChI=1S/C27H21NO5S/c1-18-6-8-19(9-7-18)10-11-20-12-14-21(15-13-20)34(33)24(27(31)32)16-17-28-25(29)22-4-2-3-5-23(22)26(28)30/h2-9,12-15,24H,16-17H2,1H3,(H,31,32). The van der Waals surface area contributed by atoms with Gasteiger partial charge in [-0.05, 0) is 61.9 Å². The maximum absolute atomic E-state index is 13.0. The first-order valence-corrected chi connectivity index (χ1v) is 11.8. The molecule has 0 radical (unpaired) electrons. The molecular formula is C27H21NO5S. The van der Waals surface area contributed by atoms with E-state index in [9.17, 15) is 23.7 Å². The van der Waals surface area contributed by atoms with Crippen LogP contribution in [0.4, 0.5) is 0 Å². The second-order valence-corrected chi connectivity index (χ2v) is 9.50. The molecule has 0 fully saturated rings. The topological polar surface area (TPSA) is 91.8 Å². The van der Waals surface area contributed by atoms with Gasteiger partial charge in [-0.1, -0.05) is 41.7 Å². The zero-order valence-electron chi connectivity index (χ0n) is 18.4. The smallest absolute Gasteiger partial charge is 0.319 e. The van der Waals surface area contributed by atoms with Gasteiger partial charge in [0.1, 0.15) is 5.25 Å². The highest BCUT2D eigenvalue weighted by molar-refractivity contribution is 7.86. The second kappa shape index (κ2) is 9.86. The van der Waals surface area contributed by atoms with Crippen LogP contribution in [0.2, 0.25) is 0 Å². The number of carboxylic acid groups (broad SMARTS) is 1. The number of aryl methyl sites for hydroxylation is 1. The molecule has 2 amide bonds. The quantitative estimate of drug-likeness (QED) is 0.438. The van der Waals surface area contributed by atoms with Crippen molar-refractivity contribution in [3.63, 3.8) is 0 Å². The number of fused-ring (bicyclic) bond motifs is 1. The third-order valence-electron chi connectivity index (χ3n) is 5.52. The van der Waals surface area contributed by atoms with Crippen LogP contribution in [0, 0.1) is 18.8 Å². The average Bonchev–Trinajstić information content (AvgIpc) is 3.09. The third-order valence-corrected chi connectivity index (χ3v) is 7.21. The minimum atomic E-state index is -1.87. The van der Waals surface area contributed by atoms with Crippen LogP contribution in [0.5, 0.6) is 0 Å². The number of benzene rings is 3. The van der Waals surface area contributed by atoms with E-state index < -0.39 is 33.8 Å². The molecule has 7 heteroatoms. The number of carboxylic acids is 1. The number of nitrogens with zero attached hydrogens (tertiary/aromatic N) is 1. The summed E-state index contributed by atoms with van der Waals surface area (Å²) in [6.45, 7) is 1.87. The van der Waals surface area contributed by atoms with E-state index in [0.29, 0.717) is 21.6 Å². The van der Waals surface area contributed by atoms with Crippen molar-refractivity contribution < 1.29 is 23.7 Å². The minimum absolute atomic E-state index is 0.123. The molecule has 6 nitrogen and oxygen atoms in total. The molecule has 2 unspecified atom stereocenters. The molecule has 4 rings (SSSR count). The summed E-state index contributed by atoms with van der Waals surface area (Å²) >= 11 is 0. The van der Waals surface area contributed by atoms with Crippen LogP contribution in [-0.2, 0) is 15.6 Å². The van der Waals surface area contributed by atoms with Crippen LogP contribution >= 0.6 is 0 Å². The summed E-state index contributed by atoms with van der Waals surface area (Å²) in [5.41, 5.74) is 3.32. The van der Waals surface area contributed by atoms with Crippen LogP contribution in [0.15, 0.2) is 77.7 Å². The van der Waals surface area contributed by atoms with Crippen LogP contribution in [0.25, 0.3) is 0 Å². The van der Waals surface area contributed by atoms with Crippen molar-refractivity contribution in [2.24, 2.45) is 0 Å². The van der Waals surface area contributed by atoms with E-state index in [2.05, 4.69) is 11.8 Å². The van der Waals surface area contributed by atoms with Gasteiger partial charge in [0.2, 0.25) is 0 Å². The highest BCUT2D eigenvalue weighted by Crippen LogP contribution is 2.24. The van der Waals surface area contributed by atoms with Crippen molar-refractivity contribution in [3.05, 3.63) is 101 Å². The van der Waals surface area contributed by atoms with E-state index in [1.807, 2.05) is 31.2 Å². The Labute approximate surface area is 199 Å². The number of aliphatic carboxylic acids is 1. The van der Waals surface area contributed by atoms with Crippen molar-refractivity contribution in [2.75, 3.05) is 6.54 Å². The van der Waals surface area contributed by atoms with E-state index in [-0.39, 0.29) is 13.0 Å². The number of hydrogen-bond donors (Lipinski definition) is 1. The Morgan fingerprint density at radius 2 is 1.38 bits per heavy atom. The molecule has 1 aliphatic rings. The van der Waals surface area contributed by atoms with Crippen LogP contribution in [0.3, 0.4) is 0 Å². The Morgan fingerprint density at radius 3 is 1.88 bits per heavy atom. The lowest BCUT2D eigenvalue weighted by Crippen LogP contribution is -2.36. The largest absolute Gasteiger partial charge is 0.480 e. The van der Waals surface area contributed by atoms with E-state index in [0.717, 1.165) is 16.0 Å². The minimum Gasteiger partial charge on any atom is -0.480 e. The van der Waals surface area contributed by atoms with Gasteiger partial charge in [0.25, 0.3) is 11.8 Å². The van der Waals surface area contributed by atoms with Gasteiger partial charge in [-0.3, -0.25) is 23.5 Å². The summed E-state index contributed by atoms with van der Waals surface area (Å²) in [5, 5.41) is 8.40. The molecule has 1 aliphatic heterocycles. The van der Waals surface area contributed by atoms with Crippen molar-refractivity contribution in [2.45, 2.75) is 23.5 Å².